The summed E-state index contributed by atoms with van der Waals surface area (Å²) in [6.07, 6.45) is 7.70. The molecule has 1 nitrogen and oxygen atoms in total. The average molecular weight is 196 g/mol. The monoisotopic (exact) mass is 196 g/mol. The van der Waals surface area contributed by atoms with Gasteiger partial charge in [0.05, 0.1) is 6.61 Å². The van der Waals surface area contributed by atoms with Crippen molar-refractivity contribution in [3.8, 4) is 0 Å². The molecule has 0 amide bonds. The van der Waals surface area contributed by atoms with Crippen LogP contribution >= 0.6 is 0 Å². The van der Waals surface area contributed by atoms with E-state index in [-0.39, 0.29) is 0 Å². The van der Waals surface area contributed by atoms with Gasteiger partial charge in [-0.1, -0.05) is 31.6 Å². The quantitative estimate of drug-likeness (QED) is 0.422. The smallest absolute Gasteiger partial charge is 0.0674 e. The lowest BCUT2D eigenvalue weighted by Gasteiger charge is -2.04. The van der Waals surface area contributed by atoms with Crippen molar-refractivity contribution in [2.45, 2.75) is 40.0 Å². The molecule has 1 atom stereocenters. The van der Waals surface area contributed by atoms with E-state index < -0.39 is 0 Å². The summed E-state index contributed by atoms with van der Waals surface area (Å²) in [5, 5.41) is 0. The molecule has 0 aliphatic heterocycles. The van der Waals surface area contributed by atoms with Gasteiger partial charge in [-0.15, -0.1) is 6.58 Å². The van der Waals surface area contributed by atoms with Crippen molar-refractivity contribution >= 4 is 0 Å². The van der Waals surface area contributed by atoms with E-state index in [0.717, 1.165) is 26.1 Å². The molecule has 0 aliphatic rings. The number of allylic oxidation sites excluding steroid dienone is 2. The highest BCUT2D eigenvalue weighted by Crippen LogP contribution is 2.08. The van der Waals surface area contributed by atoms with Crippen molar-refractivity contribution in [1.29, 1.82) is 0 Å². The minimum absolute atomic E-state index is 0.621. The molecule has 0 saturated carbocycles. The Morgan fingerprint density at radius 2 is 2.21 bits per heavy atom. The summed E-state index contributed by atoms with van der Waals surface area (Å²) < 4.78 is 5.44. The first-order valence-corrected chi connectivity index (χ1v) is 5.56. The lowest BCUT2D eigenvalue weighted by molar-refractivity contribution is 0.156. The lowest BCUT2D eigenvalue weighted by Crippen LogP contribution is -1.97. The van der Waals surface area contributed by atoms with E-state index in [4.69, 9.17) is 4.74 Å². The molecule has 0 fully saturated rings. The summed E-state index contributed by atoms with van der Waals surface area (Å²) in [7, 11) is 0. The third kappa shape index (κ3) is 8.06. The molecule has 0 aromatic rings. The maximum atomic E-state index is 5.44. The van der Waals surface area contributed by atoms with Crippen molar-refractivity contribution < 1.29 is 4.74 Å². The molecule has 0 aliphatic carbocycles. The van der Waals surface area contributed by atoms with Crippen molar-refractivity contribution in [1.82, 2.24) is 0 Å². The molecule has 1 unspecified atom stereocenters. The van der Waals surface area contributed by atoms with Gasteiger partial charge >= 0.3 is 0 Å². The minimum atomic E-state index is 0.621. The van der Waals surface area contributed by atoms with E-state index in [1.807, 2.05) is 6.08 Å². The van der Waals surface area contributed by atoms with Crippen LogP contribution in [0.4, 0.5) is 0 Å². The maximum Gasteiger partial charge on any atom is 0.0674 e. The summed E-state index contributed by atoms with van der Waals surface area (Å²) in [4.78, 5) is 0. The molecule has 0 aromatic heterocycles. The van der Waals surface area contributed by atoms with Gasteiger partial charge in [0.25, 0.3) is 0 Å². The van der Waals surface area contributed by atoms with Crippen LogP contribution in [0.1, 0.15) is 40.0 Å². The fourth-order valence-electron chi connectivity index (χ4n) is 1.15. The van der Waals surface area contributed by atoms with E-state index in [1.165, 1.54) is 12.0 Å². The molecule has 0 heterocycles. The standard InChI is InChI=1S/C13H24O/c1-5-10-14-11-13(4)9-7-8-12(3)6-2/h6,9,12H,2,5,7-8,10-11H2,1,3-4H3. The second-order valence-electron chi connectivity index (χ2n) is 3.89. The van der Waals surface area contributed by atoms with E-state index in [0.29, 0.717) is 5.92 Å². The number of hydrogen-bond acceptors (Lipinski definition) is 1. The molecular formula is C13H24O. The van der Waals surface area contributed by atoms with E-state index in [2.05, 4.69) is 33.4 Å². The number of ether oxygens (including phenoxy) is 1. The van der Waals surface area contributed by atoms with Crippen LogP contribution in [0.15, 0.2) is 24.3 Å². The molecule has 0 spiro atoms. The highest BCUT2D eigenvalue weighted by molar-refractivity contribution is 4.98. The van der Waals surface area contributed by atoms with Crippen LogP contribution in [0, 0.1) is 5.92 Å². The molecule has 1 heteroatoms. The topological polar surface area (TPSA) is 9.23 Å². The second-order valence-corrected chi connectivity index (χ2v) is 3.89. The van der Waals surface area contributed by atoms with E-state index >= 15 is 0 Å². The predicted molar refractivity (Wildman–Crippen MR) is 63.5 cm³/mol. The molecule has 0 rings (SSSR count). The zero-order valence-electron chi connectivity index (χ0n) is 9.88. The Kier molecular flexibility index (Phi) is 8.65. The van der Waals surface area contributed by atoms with Crippen molar-refractivity contribution in [2.24, 2.45) is 5.92 Å². The summed E-state index contributed by atoms with van der Waals surface area (Å²) >= 11 is 0. The normalized spacial score (nSPS) is 14.1. The minimum Gasteiger partial charge on any atom is -0.377 e. The van der Waals surface area contributed by atoms with Gasteiger partial charge in [0, 0.05) is 6.61 Å². The van der Waals surface area contributed by atoms with Gasteiger partial charge in [-0.3, -0.25) is 0 Å². The molecule has 0 saturated heterocycles. The lowest BCUT2D eigenvalue weighted by atomic mass is 10.1. The van der Waals surface area contributed by atoms with E-state index in [1.54, 1.807) is 0 Å². The Morgan fingerprint density at radius 3 is 2.79 bits per heavy atom. The Labute approximate surface area is 88.9 Å². The van der Waals surface area contributed by atoms with Gasteiger partial charge < -0.3 is 4.74 Å². The number of hydrogen-bond donors (Lipinski definition) is 0. The first kappa shape index (κ1) is 13.4. The van der Waals surface area contributed by atoms with Gasteiger partial charge in [0.1, 0.15) is 0 Å². The molecule has 0 bridgehead atoms. The summed E-state index contributed by atoms with van der Waals surface area (Å²) in [6, 6.07) is 0. The third-order valence-electron chi connectivity index (χ3n) is 2.20. The van der Waals surface area contributed by atoms with Crippen LogP contribution in [-0.2, 0) is 4.74 Å². The summed E-state index contributed by atoms with van der Waals surface area (Å²) in [5.74, 6) is 0.621. The highest BCUT2D eigenvalue weighted by atomic mass is 16.5. The molecule has 82 valence electrons. The van der Waals surface area contributed by atoms with Crippen LogP contribution < -0.4 is 0 Å². The molecule has 0 N–H and O–H groups in total. The van der Waals surface area contributed by atoms with Gasteiger partial charge in [0.15, 0.2) is 0 Å². The zero-order chi connectivity index (χ0) is 10.8. The Balaban J connectivity index is 3.50. The summed E-state index contributed by atoms with van der Waals surface area (Å²) in [6.45, 7) is 11.9. The van der Waals surface area contributed by atoms with Gasteiger partial charge in [0.2, 0.25) is 0 Å². The van der Waals surface area contributed by atoms with Crippen LogP contribution in [0.3, 0.4) is 0 Å². The second kappa shape index (κ2) is 9.01. The molecule has 0 radical (unpaired) electrons. The van der Waals surface area contributed by atoms with Gasteiger partial charge in [-0.05, 0) is 32.1 Å². The first-order chi connectivity index (χ1) is 6.70. The van der Waals surface area contributed by atoms with Gasteiger partial charge in [-0.2, -0.15) is 0 Å². The average Bonchev–Trinajstić information content (AvgIpc) is 2.18. The SMILES string of the molecule is C=CC(C)CCC=C(C)COCCC. The third-order valence-corrected chi connectivity index (χ3v) is 2.20. The van der Waals surface area contributed by atoms with Crippen molar-refractivity contribution in [2.75, 3.05) is 13.2 Å². The Morgan fingerprint density at radius 1 is 1.50 bits per heavy atom. The van der Waals surface area contributed by atoms with Crippen molar-refractivity contribution in [3.63, 3.8) is 0 Å². The highest BCUT2D eigenvalue weighted by Gasteiger charge is 1.94. The first-order valence-electron chi connectivity index (χ1n) is 5.56. The van der Waals surface area contributed by atoms with Gasteiger partial charge in [-0.25, -0.2) is 0 Å². The van der Waals surface area contributed by atoms with Crippen LogP contribution in [0.25, 0.3) is 0 Å². The molecule has 0 aromatic carbocycles. The Hall–Kier alpha value is -0.560. The Bertz CT molecular complexity index is 170. The largest absolute Gasteiger partial charge is 0.377 e. The predicted octanol–water partition coefficient (Wildman–Crippen LogP) is 3.96. The fourth-order valence-corrected chi connectivity index (χ4v) is 1.15. The van der Waals surface area contributed by atoms with E-state index in [9.17, 15) is 0 Å². The number of rotatable bonds is 8. The molecule has 14 heavy (non-hydrogen) atoms. The zero-order valence-corrected chi connectivity index (χ0v) is 9.88. The summed E-state index contributed by atoms with van der Waals surface area (Å²) in [5.41, 5.74) is 1.34. The molecular weight excluding hydrogens is 172 g/mol. The van der Waals surface area contributed by atoms with Crippen LogP contribution in [0.5, 0.6) is 0 Å². The fraction of sp³-hybridized carbons (Fsp3) is 0.692. The van der Waals surface area contributed by atoms with Crippen LogP contribution in [0.2, 0.25) is 0 Å². The van der Waals surface area contributed by atoms with Crippen LogP contribution in [-0.4, -0.2) is 13.2 Å². The maximum absolute atomic E-state index is 5.44. The van der Waals surface area contributed by atoms with Crippen molar-refractivity contribution in [3.05, 3.63) is 24.3 Å².